The Kier molecular flexibility index (Phi) is 9.71. The average Bonchev–Trinajstić information content (AvgIpc) is 3.65. The van der Waals surface area contributed by atoms with E-state index in [9.17, 15) is 19.2 Å². The molecule has 1 N–H and O–H groups in total. The summed E-state index contributed by atoms with van der Waals surface area (Å²) in [4.78, 5) is 56.5. The largest absolute Gasteiger partial charge is 0.460 e. The van der Waals surface area contributed by atoms with Gasteiger partial charge in [0, 0.05) is 13.0 Å². The number of esters is 2. The topological polar surface area (TPSA) is 102 Å². The first-order valence-electron chi connectivity index (χ1n) is 15.7. The molecule has 0 unspecified atom stereocenters. The summed E-state index contributed by atoms with van der Waals surface area (Å²) in [6.07, 6.45) is 1.99. The van der Waals surface area contributed by atoms with Gasteiger partial charge < -0.3 is 19.7 Å². The second-order valence-electron chi connectivity index (χ2n) is 13.2. The molecule has 0 bridgehead atoms. The van der Waals surface area contributed by atoms with Crippen LogP contribution in [-0.4, -0.2) is 52.9 Å². The van der Waals surface area contributed by atoms with Crippen molar-refractivity contribution in [2.75, 3.05) is 6.54 Å². The number of ether oxygens (including phenoxy) is 2. The van der Waals surface area contributed by atoms with Gasteiger partial charge in [-0.3, -0.25) is 14.4 Å². The van der Waals surface area contributed by atoms with Gasteiger partial charge in [0.05, 0.1) is 11.8 Å². The molecular weight excluding hydrogens is 568 g/mol. The van der Waals surface area contributed by atoms with Crippen molar-refractivity contribution in [1.29, 1.82) is 0 Å². The highest BCUT2D eigenvalue weighted by Gasteiger charge is 2.48. The molecule has 0 radical (unpaired) electrons. The van der Waals surface area contributed by atoms with Crippen molar-refractivity contribution in [1.82, 2.24) is 10.2 Å². The zero-order chi connectivity index (χ0) is 32.0. The third-order valence-electron chi connectivity index (χ3n) is 8.48. The van der Waals surface area contributed by atoms with E-state index < -0.39 is 35.0 Å². The van der Waals surface area contributed by atoms with E-state index in [1.165, 1.54) is 0 Å². The van der Waals surface area contributed by atoms with Gasteiger partial charge in [0.2, 0.25) is 11.8 Å². The van der Waals surface area contributed by atoms with Crippen LogP contribution in [-0.2, 0) is 54.5 Å². The van der Waals surface area contributed by atoms with E-state index in [1.54, 1.807) is 25.7 Å². The van der Waals surface area contributed by atoms with Gasteiger partial charge in [0.1, 0.15) is 24.3 Å². The van der Waals surface area contributed by atoms with Crippen LogP contribution in [0.5, 0.6) is 0 Å². The van der Waals surface area contributed by atoms with E-state index in [0.717, 1.165) is 22.3 Å². The number of rotatable bonds is 10. The molecular formula is C37H42N2O6. The Morgan fingerprint density at radius 3 is 2.04 bits per heavy atom. The highest BCUT2D eigenvalue weighted by atomic mass is 16.6. The SMILES string of the molecule is CC(C)(C)OC(=O)CC1(C(=O)N[C@@H](Cc2ccccc2)C(=O)N2CCC[C@H]2C(=O)OCc2ccccc2)Cc2ccccc2C1. The molecule has 2 amide bonds. The average molecular weight is 611 g/mol. The van der Waals surface area contributed by atoms with Crippen LogP contribution in [0.3, 0.4) is 0 Å². The van der Waals surface area contributed by atoms with E-state index in [-0.39, 0.29) is 31.3 Å². The maximum Gasteiger partial charge on any atom is 0.329 e. The third kappa shape index (κ3) is 7.98. The summed E-state index contributed by atoms with van der Waals surface area (Å²) in [6.45, 7) is 5.91. The van der Waals surface area contributed by atoms with Gasteiger partial charge in [-0.15, -0.1) is 0 Å². The van der Waals surface area contributed by atoms with Crippen molar-refractivity contribution >= 4 is 23.8 Å². The minimum atomic E-state index is -1.11. The molecule has 0 aromatic heterocycles. The number of benzene rings is 3. The fourth-order valence-electron chi connectivity index (χ4n) is 6.38. The number of amides is 2. The van der Waals surface area contributed by atoms with Crippen LogP contribution in [0.15, 0.2) is 84.9 Å². The Morgan fingerprint density at radius 1 is 0.867 bits per heavy atom. The first-order chi connectivity index (χ1) is 21.5. The summed E-state index contributed by atoms with van der Waals surface area (Å²) in [5.74, 6) is -1.63. The lowest BCUT2D eigenvalue weighted by atomic mass is 9.79. The van der Waals surface area contributed by atoms with Crippen LogP contribution < -0.4 is 5.32 Å². The zero-order valence-corrected chi connectivity index (χ0v) is 26.3. The maximum absolute atomic E-state index is 14.4. The van der Waals surface area contributed by atoms with Crippen molar-refractivity contribution in [3.63, 3.8) is 0 Å². The quantitative estimate of drug-likeness (QED) is 0.326. The summed E-state index contributed by atoms with van der Waals surface area (Å²) < 4.78 is 11.3. The Morgan fingerprint density at radius 2 is 1.44 bits per heavy atom. The molecule has 1 aliphatic carbocycles. The number of hydrogen-bond donors (Lipinski definition) is 1. The van der Waals surface area contributed by atoms with Crippen LogP contribution in [0, 0.1) is 5.41 Å². The number of carbonyl (C=O) groups is 4. The van der Waals surface area contributed by atoms with Crippen LogP contribution in [0.1, 0.15) is 62.3 Å². The molecule has 3 aromatic carbocycles. The summed E-state index contributed by atoms with van der Waals surface area (Å²) in [6, 6.07) is 25.0. The number of hydrogen-bond acceptors (Lipinski definition) is 6. The highest BCUT2D eigenvalue weighted by Crippen LogP contribution is 2.41. The van der Waals surface area contributed by atoms with Crippen LogP contribution in [0.4, 0.5) is 0 Å². The Hall–Kier alpha value is -4.46. The summed E-state index contributed by atoms with van der Waals surface area (Å²) in [7, 11) is 0. The second kappa shape index (κ2) is 13.7. The number of carbonyl (C=O) groups excluding carboxylic acids is 4. The second-order valence-corrected chi connectivity index (χ2v) is 13.2. The predicted molar refractivity (Wildman–Crippen MR) is 170 cm³/mol. The molecule has 2 atom stereocenters. The van der Waals surface area contributed by atoms with Crippen molar-refractivity contribution in [2.45, 2.75) is 83.6 Å². The normalized spacial score (nSPS) is 17.7. The van der Waals surface area contributed by atoms with E-state index in [1.807, 2.05) is 84.9 Å². The van der Waals surface area contributed by atoms with Gasteiger partial charge in [-0.05, 0) is 68.7 Å². The number of fused-ring (bicyclic) bond motifs is 1. The maximum atomic E-state index is 14.4. The van der Waals surface area contributed by atoms with Crippen LogP contribution in [0.2, 0.25) is 0 Å². The first-order valence-corrected chi connectivity index (χ1v) is 15.7. The van der Waals surface area contributed by atoms with Gasteiger partial charge in [-0.25, -0.2) is 4.79 Å². The monoisotopic (exact) mass is 610 g/mol. The molecule has 3 aromatic rings. The van der Waals surface area contributed by atoms with E-state index in [0.29, 0.717) is 32.2 Å². The summed E-state index contributed by atoms with van der Waals surface area (Å²) in [5, 5.41) is 3.06. The minimum absolute atomic E-state index is 0.116. The Bertz CT molecular complexity index is 1490. The molecule has 2 aliphatic rings. The molecule has 1 fully saturated rings. The molecule has 1 heterocycles. The molecule has 5 rings (SSSR count). The smallest absolute Gasteiger partial charge is 0.329 e. The number of nitrogens with one attached hydrogen (secondary N) is 1. The van der Waals surface area contributed by atoms with Crippen molar-refractivity contribution < 1.29 is 28.7 Å². The molecule has 0 spiro atoms. The predicted octanol–water partition coefficient (Wildman–Crippen LogP) is 4.97. The molecule has 1 saturated heterocycles. The summed E-state index contributed by atoms with van der Waals surface area (Å²) >= 11 is 0. The lowest BCUT2D eigenvalue weighted by Crippen LogP contribution is -2.56. The van der Waals surface area contributed by atoms with Crippen molar-refractivity contribution in [3.8, 4) is 0 Å². The van der Waals surface area contributed by atoms with Gasteiger partial charge in [0.15, 0.2) is 0 Å². The van der Waals surface area contributed by atoms with Gasteiger partial charge in [0.25, 0.3) is 0 Å². The van der Waals surface area contributed by atoms with Crippen molar-refractivity contribution in [3.05, 3.63) is 107 Å². The van der Waals surface area contributed by atoms with Gasteiger partial charge in [-0.1, -0.05) is 84.9 Å². The molecule has 0 saturated carbocycles. The van der Waals surface area contributed by atoms with Crippen LogP contribution in [0.25, 0.3) is 0 Å². The van der Waals surface area contributed by atoms with E-state index in [2.05, 4.69) is 5.32 Å². The molecule has 236 valence electrons. The number of nitrogens with zero attached hydrogens (tertiary/aromatic N) is 1. The summed E-state index contributed by atoms with van der Waals surface area (Å²) in [5.41, 5.74) is 1.93. The lowest BCUT2D eigenvalue weighted by molar-refractivity contribution is -0.160. The fourth-order valence-corrected chi connectivity index (χ4v) is 6.38. The Balaban J connectivity index is 1.38. The third-order valence-corrected chi connectivity index (χ3v) is 8.48. The molecule has 1 aliphatic heterocycles. The Labute approximate surface area is 265 Å². The van der Waals surface area contributed by atoms with E-state index in [4.69, 9.17) is 9.47 Å². The fraction of sp³-hybridized carbons (Fsp3) is 0.405. The van der Waals surface area contributed by atoms with Crippen molar-refractivity contribution in [2.24, 2.45) is 5.41 Å². The number of likely N-dealkylation sites (tertiary alicyclic amines) is 1. The van der Waals surface area contributed by atoms with Gasteiger partial charge in [-0.2, -0.15) is 0 Å². The standard InChI is InChI=1S/C37H42N2O6/c1-36(2,3)45-32(40)24-37(22-28-17-10-11-18-29(28)23-37)35(43)38-30(21-26-13-6-4-7-14-26)33(41)39-20-12-19-31(39)34(42)44-25-27-15-8-5-9-16-27/h4-11,13-18,30-31H,12,19-25H2,1-3H3,(H,38,43)/t30-,31-/m0/s1. The molecule has 45 heavy (non-hydrogen) atoms. The lowest BCUT2D eigenvalue weighted by Gasteiger charge is -2.33. The molecule has 8 nitrogen and oxygen atoms in total. The first kappa shape index (κ1) is 31.9. The van der Waals surface area contributed by atoms with Crippen LogP contribution >= 0.6 is 0 Å². The molecule has 8 heteroatoms. The van der Waals surface area contributed by atoms with Gasteiger partial charge >= 0.3 is 11.9 Å². The minimum Gasteiger partial charge on any atom is -0.460 e. The van der Waals surface area contributed by atoms with E-state index >= 15 is 0 Å². The zero-order valence-electron chi connectivity index (χ0n) is 26.3. The highest BCUT2D eigenvalue weighted by molar-refractivity contribution is 5.95.